The molecule has 25 heavy (non-hydrogen) atoms. The molecule has 2 rings (SSSR count). The number of ether oxygens (including phenoxy) is 1. The van der Waals surface area contributed by atoms with Gasteiger partial charge < -0.3 is 14.9 Å². The molecule has 1 aromatic carbocycles. The normalized spacial score (nSPS) is 10.4. The SMILES string of the molecule is CCOC(=O)c1c(C)oc(NC(=O)c2cc(F)ccc2F)c1C(N)=O. The fourth-order valence-corrected chi connectivity index (χ4v) is 2.16. The summed E-state index contributed by atoms with van der Waals surface area (Å²) in [6, 6.07) is 2.30. The number of amides is 2. The van der Waals surface area contributed by atoms with Crippen molar-refractivity contribution in [2.75, 3.05) is 11.9 Å². The lowest BCUT2D eigenvalue weighted by atomic mass is 10.1. The summed E-state index contributed by atoms with van der Waals surface area (Å²) >= 11 is 0. The standard InChI is InChI=1S/C16H14F2N2O5/c1-3-24-16(23)11-7(2)25-15(12(11)13(19)21)20-14(22)9-6-8(17)4-5-10(9)18/h4-6H,3H2,1-2H3,(H2,19,21)(H,20,22). The van der Waals surface area contributed by atoms with Gasteiger partial charge in [-0.1, -0.05) is 0 Å². The van der Waals surface area contributed by atoms with Gasteiger partial charge in [-0.3, -0.25) is 14.9 Å². The van der Waals surface area contributed by atoms with Crippen molar-refractivity contribution in [3.8, 4) is 0 Å². The fraction of sp³-hybridized carbons (Fsp3) is 0.188. The van der Waals surface area contributed by atoms with Crippen LogP contribution in [0.5, 0.6) is 0 Å². The van der Waals surface area contributed by atoms with E-state index < -0.39 is 46.4 Å². The second-order valence-electron chi connectivity index (χ2n) is 4.90. The Labute approximate surface area is 140 Å². The van der Waals surface area contributed by atoms with Gasteiger partial charge in [-0.05, 0) is 32.0 Å². The number of hydrogen-bond donors (Lipinski definition) is 2. The van der Waals surface area contributed by atoms with Crippen LogP contribution in [0.4, 0.5) is 14.7 Å². The number of carbonyl (C=O) groups excluding carboxylic acids is 3. The first-order chi connectivity index (χ1) is 11.8. The molecule has 0 atom stereocenters. The Kier molecular flexibility index (Phi) is 5.16. The zero-order valence-corrected chi connectivity index (χ0v) is 13.3. The Balaban J connectivity index is 2.44. The van der Waals surface area contributed by atoms with Gasteiger partial charge in [-0.2, -0.15) is 0 Å². The van der Waals surface area contributed by atoms with Crippen molar-refractivity contribution in [3.05, 3.63) is 52.3 Å². The van der Waals surface area contributed by atoms with E-state index in [0.717, 1.165) is 12.1 Å². The van der Waals surface area contributed by atoms with E-state index in [4.69, 9.17) is 14.9 Å². The molecular formula is C16H14F2N2O5. The highest BCUT2D eigenvalue weighted by Gasteiger charge is 2.29. The Bertz CT molecular complexity index is 860. The molecule has 0 bridgehead atoms. The van der Waals surface area contributed by atoms with Crippen molar-refractivity contribution in [2.24, 2.45) is 5.73 Å². The van der Waals surface area contributed by atoms with Crippen LogP contribution >= 0.6 is 0 Å². The topological polar surface area (TPSA) is 112 Å². The summed E-state index contributed by atoms with van der Waals surface area (Å²) in [6.07, 6.45) is 0. The molecule has 9 heteroatoms. The first-order valence-electron chi connectivity index (χ1n) is 7.13. The quantitative estimate of drug-likeness (QED) is 0.803. The average Bonchev–Trinajstić information content (AvgIpc) is 2.86. The maximum atomic E-state index is 13.7. The lowest BCUT2D eigenvalue weighted by Crippen LogP contribution is -2.20. The van der Waals surface area contributed by atoms with Gasteiger partial charge in [0.25, 0.3) is 11.8 Å². The minimum Gasteiger partial charge on any atom is -0.462 e. The maximum Gasteiger partial charge on any atom is 0.342 e. The molecule has 3 N–H and O–H groups in total. The van der Waals surface area contributed by atoms with Gasteiger partial charge in [0.1, 0.15) is 28.5 Å². The van der Waals surface area contributed by atoms with E-state index in [1.54, 1.807) is 6.92 Å². The van der Waals surface area contributed by atoms with Crippen LogP contribution in [-0.4, -0.2) is 24.4 Å². The van der Waals surface area contributed by atoms with E-state index in [1.807, 2.05) is 0 Å². The van der Waals surface area contributed by atoms with Gasteiger partial charge in [-0.25, -0.2) is 13.6 Å². The van der Waals surface area contributed by atoms with Crippen LogP contribution in [0.1, 0.15) is 43.8 Å². The third kappa shape index (κ3) is 3.65. The van der Waals surface area contributed by atoms with Gasteiger partial charge in [0.15, 0.2) is 0 Å². The van der Waals surface area contributed by atoms with Gasteiger partial charge in [-0.15, -0.1) is 0 Å². The molecule has 1 heterocycles. The van der Waals surface area contributed by atoms with Crippen molar-refractivity contribution in [2.45, 2.75) is 13.8 Å². The van der Waals surface area contributed by atoms with Crippen LogP contribution in [0, 0.1) is 18.6 Å². The van der Waals surface area contributed by atoms with Gasteiger partial charge >= 0.3 is 5.97 Å². The van der Waals surface area contributed by atoms with E-state index in [1.165, 1.54) is 6.92 Å². The van der Waals surface area contributed by atoms with Crippen LogP contribution in [0.2, 0.25) is 0 Å². The number of hydrogen-bond acceptors (Lipinski definition) is 5. The Morgan fingerprint density at radius 1 is 1.24 bits per heavy atom. The molecule has 0 fully saturated rings. The zero-order chi connectivity index (χ0) is 18.7. The number of rotatable bonds is 5. The molecule has 1 aromatic heterocycles. The highest BCUT2D eigenvalue weighted by Crippen LogP contribution is 2.28. The zero-order valence-electron chi connectivity index (χ0n) is 13.3. The second-order valence-corrected chi connectivity index (χ2v) is 4.90. The number of furan rings is 1. The Morgan fingerprint density at radius 3 is 2.52 bits per heavy atom. The minimum absolute atomic E-state index is 0.0257. The maximum absolute atomic E-state index is 13.7. The summed E-state index contributed by atoms with van der Waals surface area (Å²) in [5.41, 5.74) is 3.97. The predicted molar refractivity (Wildman–Crippen MR) is 82.2 cm³/mol. The van der Waals surface area contributed by atoms with Crippen molar-refractivity contribution < 1.29 is 32.3 Å². The van der Waals surface area contributed by atoms with E-state index >= 15 is 0 Å². The molecule has 0 radical (unpaired) electrons. The molecular weight excluding hydrogens is 338 g/mol. The van der Waals surface area contributed by atoms with Crippen LogP contribution < -0.4 is 11.1 Å². The smallest absolute Gasteiger partial charge is 0.342 e. The van der Waals surface area contributed by atoms with E-state index in [0.29, 0.717) is 6.07 Å². The predicted octanol–water partition coefficient (Wildman–Crippen LogP) is 2.39. The van der Waals surface area contributed by atoms with Gasteiger partial charge in [0.05, 0.1) is 12.2 Å². The van der Waals surface area contributed by atoms with Crippen LogP contribution in [0.25, 0.3) is 0 Å². The first kappa shape index (κ1) is 18.1. The second kappa shape index (κ2) is 7.12. The Hall–Kier alpha value is -3.23. The van der Waals surface area contributed by atoms with Crippen LogP contribution in [0.3, 0.4) is 0 Å². The first-order valence-corrected chi connectivity index (χ1v) is 7.13. The molecule has 0 saturated heterocycles. The number of esters is 1. The largest absolute Gasteiger partial charge is 0.462 e. The number of primary amides is 1. The summed E-state index contributed by atoms with van der Waals surface area (Å²) in [5.74, 6) is -5.30. The van der Waals surface area contributed by atoms with Crippen molar-refractivity contribution in [3.63, 3.8) is 0 Å². The number of halogens is 2. The van der Waals surface area contributed by atoms with Crippen molar-refractivity contribution >= 4 is 23.7 Å². The molecule has 0 aliphatic rings. The Morgan fingerprint density at radius 2 is 1.92 bits per heavy atom. The van der Waals surface area contributed by atoms with Gasteiger partial charge in [0.2, 0.25) is 5.88 Å². The van der Waals surface area contributed by atoms with E-state index in [9.17, 15) is 23.2 Å². The number of nitrogens with two attached hydrogens (primary N) is 1. The van der Waals surface area contributed by atoms with Crippen LogP contribution in [0.15, 0.2) is 22.6 Å². The minimum atomic E-state index is -1.08. The summed E-state index contributed by atoms with van der Waals surface area (Å²) in [5, 5.41) is 2.11. The molecule has 7 nitrogen and oxygen atoms in total. The van der Waals surface area contributed by atoms with Gasteiger partial charge in [0, 0.05) is 0 Å². The monoisotopic (exact) mass is 352 g/mol. The summed E-state index contributed by atoms with van der Waals surface area (Å²) < 4.78 is 36.9. The summed E-state index contributed by atoms with van der Waals surface area (Å²) in [6.45, 7) is 2.96. The highest BCUT2D eigenvalue weighted by atomic mass is 19.1. The lowest BCUT2D eigenvalue weighted by molar-refractivity contribution is 0.0521. The average molecular weight is 352 g/mol. The van der Waals surface area contributed by atoms with Crippen molar-refractivity contribution in [1.82, 2.24) is 0 Å². The molecule has 2 aromatic rings. The van der Waals surface area contributed by atoms with Crippen molar-refractivity contribution in [1.29, 1.82) is 0 Å². The third-order valence-electron chi connectivity index (χ3n) is 3.21. The molecule has 0 aliphatic carbocycles. The molecule has 0 spiro atoms. The van der Waals surface area contributed by atoms with Crippen LogP contribution in [-0.2, 0) is 4.74 Å². The number of benzene rings is 1. The van der Waals surface area contributed by atoms with E-state index in [2.05, 4.69) is 5.32 Å². The number of anilines is 1. The lowest BCUT2D eigenvalue weighted by Gasteiger charge is -2.06. The summed E-state index contributed by atoms with van der Waals surface area (Å²) in [4.78, 5) is 35.8. The summed E-state index contributed by atoms with van der Waals surface area (Å²) in [7, 11) is 0. The number of carbonyl (C=O) groups is 3. The molecule has 0 saturated carbocycles. The molecule has 0 unspecified atom stereocenters. The molecule has 2 amide bonds. The molecule has 0 aliphatic heterocycles. The number of nitrogens with one attached hydrogen (secondary N) is 1. The third-order valence-corrected chi connectivity index (χ3v) is 3.21. The highest BCUT2D eigenvalue weighted by molar-refractivity contribution is 6.12. The number of aryl methyl sites for hydroxylation is 1. The fourth-order valence-electron chi connectivity index (χ4n) is 2.16. The molecule has 132 valence electrons. The van der Waals surface area contributed by atoms with E-state index in [-0.39, 0.29) is 17.9 Å².